The third kappa shape index (κ3) is 5.48. The zero-order valence-electron chi connectivity index (χ0n) is 20.2. The minimum Gasteiger partial charge on any atom is -0.299 e. The van der Waals surface area contributed by atoms with Gasteiger partial charge < -0.3 is 0 Å². The van der Waals surface area contributed by atoms with Crippen LogP contribution in [0.1, 0.15) is 101 Å². The van der Waals surface area contributed by atoms with Crippen molar-refractivity contribution in [1.29, 1.82) is 0 Å². The van der Waals surface area contributed by atoms with Crippen molar-refractivity contribution in [2.75, 3.05) is 20.1 Å². The van der Waals surface area contributed by atoms with Gasteiger partial charge >= 0.3 is 0 Å². The van der Waals surface area contributed by atoms with Gasteiger partial charge in [-0.2, -0.15) is 0 Å². The maximum Gasteiger partial charge on any atom is 0.0257 e. The summed E-state index contributed by atoms with van der Waals surface area (Å²) < 4.78 is 0. The Hall–Kier alpha value is -0.120. The van der Waals surface area contributed by atoms with Crippen LogP contribution in [0.15, 0.2) is 0 Å². The standard InChI is InChI=1S/C24H49N3/c1-19(25(10)22(2,3)4)15-16-24(8,9)27-18-17-26(23(5,6)7)20-13-11-12-14-21(20)27/h19-21H,11-18H2,1-10H3. The SMILES string of the molecule is CC(CCC(C)(C)N1CCN(C(C)(C)C)C2CCCCC21)N(C)C(C)(C)C. The molecule has 0 bridgehead atoms. The van der Waals surface area contributed by atoms with E-state index in [0.717, 1.165) is 12.1 Å². The van der Waals surface area contributed by atoms with Gasteiger partial charge in [0, 0.05) is 47.8 Å². The lowest BCUT2D eigenvalue weighted by Crippen LogP contribution is -2.68. The van der Waals surface area contributed by atoms with Crippen LogP contribution in [-0.2, 0) is 0 Å². The minimum absolute atomic E-state index is 0.246. The van der Waals surface area contributed by atoms with Crippen LogP contribution in [0, 0.1) is 0 Å². The summed E-state index contributed by atoms with van der Waals surface area (Å²) in [5, 5.41) is 0. The van der Waals surface area contributed by atoms with Crippen molar-refractivity contribution in [3.63, 3.8) is 0 Å². The Morgan fingerprint density at radius 3 is 1.81 bits per heavy atom. The molecule has 3 nitrogen and oxygen atoms in total. The highest BCUT2D eigenvalue weighted by Crippen LogP contribution is 2.38. The number of hydrogen-bond acceptors (Lipinski definition) is 3. The fraction of sp³-hybridized carbons (Fsp3) is 1.00. The summed E-state index contributed by atoms with van der Waals surface area (Å²) in [7, 11) is 2.29. The molecule has 1 saturated carbocycles. The maximum absolute atomic E-state index is 2.91. The predicted octanol–water partition coefficient (Wildman–Crippen LogP) is 5.39. The Balaban J connectivity index is 2.07. The molecule has 0 aromatic carbocycles. The fourth-order valence-electron chi connectivity index (χ4n) is 5.51. The van der Waals surface area contributed by atoms with E-state index in [1.165, 1.54) is 51.6 Å². The lowest BCUT2D eigenvalue weighted by atomic mass is 9.80. The van der Waals surface area contributed by atoms with Gasteiger partial charge in [-0.1, -0.05) is 12.8 Å². The average Bonchev–Trinajstić information content (AvgIpc) is 2.56. The Morgan fingerprint density at radius 2 is 1.33 bits per heavy atom. The summed E-state index contributed by atoms with van der Waals surface area (Å²) in [6.45, 7) is 24.1. The van der Waals surface area contributed by atoms with Gasteiger partial charge in [0.15, 0.2) is 0 Å². The molecule has 2 aliphatic rings. The normalized spacial score (nSPS) is 27.7. The summed E-state index contributed by atoms with van der Waals surface area (Å²) in [4.78, 5) is 8.27. The van der Waals surface area contributed by atoms with Gasteiger partial charge in [-0.3, -0.25) is 14.7 Å². The second kappa shape index (κ2) is 8.32. The van der Waals surface area contributed by atoms with E-state index in [9.17, 15) is 0 Å². The number of fused-ring (bicyclic) bond motifs is 1. The molecule has 0 amide bonds. The Morgan fingerprint density at radius 1 is 0.852 bits per heavy atom. The number of piperazine rings is 1. The first kappa shape index (κ1) is 23.2. The van der Waals surface area contributed by atoms with Gasteiger partial charge in [-0.25, -0.2) is 0 Å². The third-order valence-corrected chi connectivity index (χ3v) is 7.61. The van der Waals surface area contributed by atoms with E-state index in [0.29, 0.717) is 11.6 Å². The first-order chi connectivity index (χ1) is 12.2. The van der Waals surface area contributed by atoms with Crippen molar-refractivity contribution in [2.24, 2.45) is 0 Å². The molecule has 3 atom stereocenters. The van der Waals surface area contributed by atoms with E-state index in [1.54, 1.807) is 0 Å². The van der Waals surface area contributed by atoms with Crippen molar-refractivity contribution in [3.8, 4) is 0 Å². The summed E-state index contributed by atoms with van der Waals surface area (Å²) in [6, 6.07) is 2.13. The quantitative estimate of drug-likeness (QED) is 0.634. The van der Waals surface area contributed by atoms with Crippen LogP contribution in [0.3, 0.4) is 0 Å². The molecule has 2 fully saturated rings. The van der Waals surface area contributed by atoms with Gasteiger partial charge in [0.05, 0.1) is 0 Å². The van der Waals surface area contributed by atoms with Crippen LogP contribution in [0.25, 0.3) is 0 Å². The fourth-order valence-corrected chi connectivity index (χ4v) is 5.51. The number of hydrogen-bond donors (Lipinski definition) is 0. The van der Waals surface area contributed by atoms with E-state index >= 15 is 0 Å². The zero-order chi connectivity index (χ0) is 20.6. The molecule has 0 aromatic heterocycles. The molecule has 0 N–H and O–H groups in total. The largest absolute Gasteiger partial charge is 0.299 e. The molecule has 1 aliphatic carbocycles. The van der Waals surface area contributed by atoms with Crippen LogP contribution < -0.4 is 0 Å². The van der Waals surface area contributed by atoms with Crippen molar-refractivity contribution in [3.05, 3.63) is 0 Å². The van der Waals surface area contributed by atoms with Crippen molar-refractivity contribution in [1.82, 2.24) is 14.7 Å². The monoisotopic (exact) mass is 379 g/mol. The summed E-state index contributed by atoms with van der Waals surface area (Å²) in [6.07, 6.45) is 8.16. The first-order valence-corrected chi connectivity index (χ1v) is 11.5. The van der Waals surface area contributed by atoms with Crippen LogP contribution >= 0.6 is 0 Å². The molecule has 1 heterocycles. The highest BCUT2D eigenvalue weighted by molar-refractivity contribution is 5.02. The van der Waals surface area contributed by atoms with Gasteiger partial charge in [0.1, 0.15) is 0 Å². The Labute approximate surface area is 170 Å². The number of rotatable bonds is 5. The summed E-state index contributed by atoms with van der Waals surface area (Å²) in [5.74, 6) is 0. The van der Waals surface area contributed by atoms with Crippen LogP contribution in [-0.4, -0.2) is 69.6 Å². The van der Waals surface area contributed by atoms with Gasteiger partial charge in [0.2, 0.25) is 0 Å². The second-order valence-corrected chi connectivity index (χ2v) is 12.0. The van der Waals surface area contributed by atoms with Gasteiger partial charge in [-0.05, 0) is 95.0 Å². The molecular formula is C24H49N3. The smallest absolute Gasteiger partial charge is 0.0257 e. The van der Waals surface area contributed by atoms with Crippen molar-refractivity contribution < 1.29 is 0 Å². The molecule has 0 spiro atoms. The van der Waals surface area contributed by atoms with Gasteiger partial charge in [-0.15, -0.1) is 0 Å². The highest BCUT2D eigenvalue weighted by Gasteiger charge is 2.45. The summed E-state index contributed by atoms with van der Waals surface area (Å²) in [5.41, 5.74) is 0.827. The lowest BCUT2D eigenvalue weighted by molar-refractivity contribution is -0.0871. The zero-order valence-corrected chi connectivity index (χ0v) is 20.2. The molecule has 3 heteroatoms. The van der Waals surface area contributed by atoms with E-state index < -0.39 is 0 Å². The third-order valence-electron chi connectivity index (χ3n) is 7.61. The van der Waals surface area contributed by atoms with E-state index in [4.69, 9.17) is 0 Å². The van der Waals surface area contributed by atoms with E-state index in [-0.39, 0.29) is 11.1 Å². The number of nitrogens with zero attached hydrogens (tertiary/aromatic N) is 3. The van der Waals surface area contributed by atoms with Crippen LogP contribution in [0.2, 0.25) is 0 Å². The van der Waals surface area contributed by atoms with Gasteiger partial charge in [0.25, 0.3) is 0 Å². The molecule has 1 aliphatic heterocycles. The van der Waals surface area contributed by atoms with Crippen molar-refractivity contribution in [2.45, 2.75) is 136 Å². The minimum atomic E-state index is 0.246. The molecular weight excluding hydrogens is 330 g/mol. The Bertz CT molecular complexity index is 471. The summed E-state index contributed by atoms with van der Waals surface area (Å²) >= 11 is 0. The van der Waals surface area contributed by atoms with Crippen molar-refractivity contribution >= 4 is 0 Å². The molecule has 0 radical (unpaired) electrons. The molecule has 27 heavy (non-hydrogen) atoms. The molecule has 2 rings (SSSR count). The van der Waals surface area contributed by atoms with E-state index in [2.05, 4.69) is 84.1 Å². The van der Waals surface area contributed by atoms with E-state index in [1.807, 2.05) is 0 Å². The molecule has 0 aromatic rings. The average molecular weight is 380 g/mol. The highest BCUT2D eigenvalue weighted by atomic mass is 15.4. The molecule has 1 saturated heterocycles. The lowest BCUT2D eigenvalue weighted by Gasteiger charge is -2.58. The first-order valence-electron chi connectivity index (χ1n) is 11.5. The molecule has 160 valence electrons. The topological polar surface area (TPSA) is 9.72 Å². The maximum atomic E-state index is 2.91. The van der Waals surface area contributed by atoms with Crippen LogP contribution in [0.4, 0.5) is 0 Å². The molecule has 3 unspecified atom stereocenters. The van der Waals surface area contributed by atoms with Crippen LogP contribution in [0.5, 0.6) is 0 Å². The Kier molecular flexibility index (Phi) is 7.14. The second-order valence-electron chi connectivity index (χ2n) is 12.0. The predicted molar refractivity (Wildman–Crippen MR) is 120 cm³/mol.